The summed E-state index contributed by atoms with van der Waals surface area (Å²) >= 11 is 0. The van der Waals surface area contributed by atoms with Crippen molar-refractivity contribution in [1.82, 2.24) is 5.32 Å². The largest absolute Gasteiger partial charge is 0.494 e. The summed E-state index contributed by atoms with van der Waals surface area (Å²) in [6.45, 7) is 4.29. The quantitative estimate of drug-likeness (QED) is 0.746. The molecule has 0 aliphatic heterocycles. The van der Waals surface area contributed by atoms with Crippen molar-refractivity contribution in [3.63, 3.8) is 0 Å². The van der Waals surface area contributed by atoms with E-state index in [2.05, 4.69) is 5.32 Å². The van der Waals surface area contributed by atoms with Gasteiger partial charge in [0.05, 0.1) is 13.2 Å². The van der Waals surface area contributed by atoms with E-state index in [4.69, 9.17) is 14.6 Å². The van der Waals surface area contributed by atoms with Gasteiger partial charge in [-0.2, -0.15) is 0 Å². The summed E-state index contributed by atoms with van der Waals surface area (Å²) in [6.07, 6.45) is 0.960. The highest BCUT2D eigenvalue weighted by molar-refractivity contribution is 5.77. The van der Waals surface area contributed by atoms with Crippen LogP contribution in [0.3, 0.4) is 0 Å². The van der Waals surface area contributed by atoms with Gasteiger partial charge in [-0.25, -0.2) is 0 Å². The number of nitrogens with one attached hydrogen (secondary N) is 1. The van der Waals surface area contributed by atoms with Crippen LogP contribution in [-0.4, -0.2) is 36.9 Å². The van der Waals surface area contributed by atoms with Gasteiger partial charge in [-0.3, -0.25) is 4.79 Å². The van der Waals surface area contributed by atoms with E-state index in [0.29, 0.717) is 12.4 Å². The van der Waals surface area contributed by atoms with Crippen molar-refractivity contribution in [2.24, 2.45) is 0 Å². The van der Waals surface area contributed by atoms with Gasteiger partial charge in [-0.15, -0.1) is 0 Å². The van der Waals surface area contributed by atoms with Crippen LogP contribution in [0.2, 0.25) is 0 Å². The molecule has 1 amide bonds. The number of benzene rings is 1. The smallest absolute Gasteiger partial charge is 0.258 e. The van der Waals surface area contributed by atoms with Crippen molar-refractivity contribution in [2.75, 3.05) is 19.8 Å². The zero-order valence-electron chi connectivity index (χ0n) is 11.4. The highest BCUT2D eigenvalue weighted by atomic mass is 16.5. The number of rotatable bonds is 8. The summed E-state index contributed by atoms with van der Waals surface area (Å²) in [5, 5.41) is 11.4. The van der Waals surface area contributed by atoms with E-state index >= 15 is 0 Å². The second-order valence-electron chi connectivity index (χ2n) is 4.26. The number of aliphatic hydroxyl groups is 1. The third-order valence-electron chi connectivity index (χ3n) is 2.35. The maximum Gasteiger partial charge on any atom is 0.258 e. The van der Waals surface area contributed by atoms with Crippen LogP contribution in [-0.2, 0) is 4.79 Å². The van der Waals surface area contributed by atoms with Gasteiger partial charge in [0.25, 0.3) is 5.91 Å². The van der Waals surface area contributed by atoms with Crippen molar-refractivity contribution in [1.29, 1.82) is 0 Å². The van der Waals surface area contributed by atoms with Crippen LogP contribution in [0.4, 0.5) is 0 Å². The summed E-state index contributed by atoms with van der Waals surface area (Å²) in [5.74, 6) is 1.14. The molecule has 1 aromatic rings. The molecule has 5 heteroatoms. The normalized spacial score (nSPS) is 11.7. The van der Waals surface area contributed by atoms with Gasteiger partial charge in [0.2, 0.25) is 0 Å². The van der Waals surface area contributed by atoms with Crippen LogP contribution in [0, 0.1) is 0 Å². The monoisotopic (exact) mass is 267 g/mol. The molecule has 1 rings (SSSR count). The first-order chi connectivity index (χ1) is 9.15. The molecule has 19 heavy (non-hydrogen) atoms. The second-order valence-corrected chi connectivity index (χ2v) is 4.26. The third-order valence-corrected chi connectivity index (χ3v) is 2.35. The van der Waals surface area contributed by atoms with E-state index in [1.807, 2.05) is 6.92 Å². The van der Waals surface area contributed by atoms with Gasteiger partial charge < -0.3 is 19.9 Å². The van der Waals surface area contributed by atoms with Gasteiger partial charge in [0, 0.05) is 6.04 Å². The topological polar surface area (TPSA) is 67.8 Å². The standard InChI is InChI=1S/C14H21NO4/c1-3-8-18-12-4-6-13(7-5-12)19-10-14(17)15-11(2)9-16/h4-7,11,16H,3,8-10H2,1-2H3,(H,15,17). The molecule has 1 atom stereocenters. The molecule has 1 aromatic carbocycles. The fourth-order valence-corrected chi connectivity index (χ4v) is 1.36. The van der Waals surface area contributed by atoms with Crippen LogP contribution >= 0.6 is 0 Å². The van der Waals surface area contributed by atoms with Crippen molar-refractivity contribution in [2.45, 2.75) is 26.3 Å². The zero-order valence-corrected chi connectivity index (χ0v) is 11.4. The molecule has 0 radical (unpaired) electrons. The fourth-order valence-electron chi connectivity index (χ4n) is 1.36. The van der Waals surface area contributed by atoms with E-state index in [1.165, 1.54) is 0 Å². The number of hydrogen-bond donors (Lipinski definition) is 2. The Bertz CT molecular complexity index is 378. The Labute approximate surface area is 113 Å². The van der Waals surface area contributed by atoms with Crippen molar-refractivity contribution in [3.05, 3.63) is 24.3 Å². The summed E-state index contributed by atoms with van der Waals surface area (Å²) in [6, 6.07) is 6.86. The molecule has 2 N–H and O–H groups in total. The Hall–Kier alpha value is -1.75. The van der Waals surface area contributed by atoms with Gasteiger partial charge in [0.1, 0.15) is 11.5 Å². The number of amides is 1. The second kappa shape index (κ2) is 8.37. The van der Waals surface area contributed by atoms with Crippen molar-refractivity contribution >= 4 is 5.91 Å². The average Bonchev–Trinajstić information content (AvgIpc) is 2.43. The minimum absolute atomic E-state index is 0.0699. The van der Waals surface area contributed by atoms with Gasteiger partial charge in [-0.05, 0) is 37.6 Å². The maximum absolute atomic E-state index is 11.4. The highest BCUT2D eigenvalue weighted by Gasteiger charge is 2.06. The molecule has 0 heterocycles. The molecular weight excluding hydrogens is 246 g/mol. The van der Waals surface area contributed by atoms with Gasteiger partial charge in [-0.1, -0.05) is 6.92 Å². The van der Waals surface area contributed by atoms with Crippen LogP contribution in [0.5, 0.6) is 11.5 Å². The van der Waals surface area contributed by atoms with Crippen molar-refractivity contribution in [3.8, 4) is 11.5 Å². The summed E-state index contributed by atoms with van der Waals surface area (Å²) in [4.78, 5) is 11.4. The Morgan fingerprint density at radius 2 is 1.84 bits per heavy atom. The van der Waals surface area contributed by atoms with E-state index in [1.54, 1.807) is 31.2 Å². The molecule has 0 aliphatic carbocycles. The Morgan fingerprint density at radius 3 is 2.37 bits per heavy atom. The lowest BCUT2D eigenvalue weighted by Crippen LogP contribution is -2.38. The fraction of sp³-hybridized carbons (Fsp3) is 0.500. The minimum Gasteiger partial charge on any atom is -0.494 e. The molecule has 1 unspecified atom stereocenters. The lowest BCUT2D eigenvalue weighted by molar-refractivity contribution is -0.123. The molecule has 0 saturated heterocycles. The first-order valence-corrected chi connectivity index (χ1v) is 6.41. The summed E-state index contributed by atoms with van der Waals surface area (Å²) in [5.41, 5.74) is 0. The molecule has 5 nitrogen and oxygen atoms in total. The molecule has 0 spiro atoms. The van der Waals surface area contributed by atoms with Crippen molar-refractivity contribution < 1.29 is 19.4 Å². The average molecular weight is 267 g/mol. The number of ether oxygens (including phenoxy) is 2. The number of carbonyl (C=O) groups excluding carboxylic acids is 1. The predicted molar refractivity (Wildman–Crippen MR) is 72.4 cm³/mol. The molecule has 0 aliphatic rings. The minimum atomic E-state index is -0.263. The van der Waals surface area contributed by atoms with E-state index in [0.717, 1.165) is 12.2 Å². The van der Waals surface area contributed by atoms with Crippen LogP contribution in [0.25, 0.3) is 0 Å². The SMILES string of the molecule is CCCOc1ccc(OCC(=O)NC(C)CO)cc1. The summed E-state index contributed by atoms with van der Waals surface area (Å²) < 4.78 is 10.8. The van der Waals surface area contributed by atoms with Gasteiger partial charge >= 0.3 is 0 Å². The van der Waals surface area contributed by atoms with E-state index in [-0.39, 0.29) is 25.2 Å². The number of hydrogen-bond acceptors (Lipinski definition) is 4. The lowest BCUT2D eigenvalue weighted by atomic mass is 10.3. The van der Waals surface area contributed by atoms with E-state index in [9.17, 15) is 4.79 Å². The molecule has 106 valence electrons. The Kier molecular flexibility index (Phi) is 6.74. The molecule has 0 aromatic heterocycles. The molecule has 0 bridgehead atoms. The van der Waals surface area contributed by atoms with Crippen LogP contribution in [0.1, 0.15) is 20.3 Å². The first kappa shape index (κ1) is 15.3. The third kappa shape index (κ3) is 6.10. The molecule has 0 saturated carbocycles. The molecular formula is C14H21NO4. The van der Waals surface area contributed by atoms with E-state index < -0.39 is 0 Å². The predicted octanol–water partition coefficient (Wildman–Crippen LogP) is 1.35. The van der Waals surface area contributed by atoms with Crippen LogP contribution in [0.15, 0.2) is 24.3 Å². The lowest BCUT2D eigenvalue weighted by Gasteiger charge is -2.11. The van der Waals surface area contributed by atoms with Gasteiger partial charge in [0.15, 0.2) is 6.61 Å². The molecule has 0 fully saturated rings. The highest BCUT2D eigenvalue weighted by Crippen LogP contribution is 2.17. The Morgan fingerprint density at radius 1 is 1.26 bits per heavy atom. The first-order valence-electron chi connectivity index (χ1n) is 6.41. The number of carbonyl (C=O) groups is 1. The van der Waals surface area contributed by atoms with Crippen LogP contribution < -0.4 is 14.8 Å². The maximum atomic E-state index is 11.4. The number of aliphatic hydroxyl groups excluding tert-OH is 1. The Balaban J connectivity index is 2.35. The zero-order chi connectivity index (χ0) is 14.1. The summed E-state index contributed by atoms with van der Waals surface area (Å²) in [7, 11) is 0.